The molecule has 114 valence electrons. The first kappa shape index (κ1) is 16.7. The summed E-state index contributed by atoms with van der Waals surface area (Å²) < 4.78 is 74.0. The van der Waals surface area contributed by atoms with Gasteiger partial charge in [-0.3, -0.25) is 0 Å². The summed E-state index contributed by atoms with van der Waals surface area (Å²) >= 11 is 0. The number of nitrogens with zero attached hydrogens (tertiary/aromatic N) is 1. The van der Waals surface area contributed by atoms with E-state index in [1.54, 1.807) is 6.92 Å². The first-order chi connectivity index (χ1) is 9.15. The lowest BCUT2D eigenvalue weighted by molar-refractivity contribution is -0.0435. The maximum atomic E-state index is 13.1. The predicted octanol–water partition coefficient (Wildman–Crippen LogP) is 1.90. The largest absolute Gasteiger partial charge is 0.501 e. The molecule has 1 rings (SSSR count). The van der Waals surface area contributed by atoms with Gasteiger partial charge in [-0.15, -0.1) is 0 Å². The van der Waals surface area contributed by atoms with E-state index < -0.39 is 26.1 Å². The summed E-state index contributed by atoms with van der Waals surface area (Å²) in [5.74, 6) is -1.06. The van der Waals surface area contributed by atoms with Crippen molar-refractivity contribution < 1.29 is 26.0 Å². The smallest absolute Gasteiger partial charge is 0.369 e. The van der Waals surface area contributed by atoms with E-state index >= 15 is 0 Å². The Hall–Kier alpha value is -1.35. The topological polar surface area (TPSA) is 63.4 Å². The van der Waals surface area contributed by atoms with Gasteiger partial charge >= 0.3 is 5.51 Å². The molecule has 0 aliphatic carbocycles. The van der Waals surface area contributed by atoms with Crippen molar-refractivity contribution in [3.8, 4) is 0 Å². The molecule has 0 bridgehead atoms. The molecule has 0 fully saturated rings. The van der Waals surface area contributed by atoms with Crippen LogP contribution in [0.25, 0.3) is 0 Å². The van der Waals surface area contributed by atoms with E-state index in [1.165, 1.54) is 4.90 Å². The van der Waals surface area contributed by atoms with Crippen LogP contribution in [-0.4, -0.2) is 33.6 Å². The Balaban J connectivity index is 3.50. The highest BCUT2D eigenvalue weighted by atomic mass is 32.2. The highest BCUT2D eigenvalue weighted by Gasteiger charge is 2.48. The summed E-state index contributed by atoms with van der Waals surface area (Å²) in [6, 6.07) is 2.29. The van der Waals surface area contributed by atoms with Crippen molar-refractivity contribution >= 4 is 15.5 Å². The van der Waals surface area contributed by atoms with Crippen LogP contribution >= 0.6 is 0 Å². The van der Waals surface area contributed by atoms with E-state index in [0.717, 1.165) is 12.1 Å². The third kappa shape index (κ3) is 3.21. The van der Waals surface area contributed by atoms with Crippen molar-refractivity contribution in [3.05, 3.63) is 24.0 Å². The number of hydrogen-bond acceptors (Lipinski definition) is 4. The molecule has 0 aromatic heterocycles. The molecule has 0 saturated carbocycles. The molecule has 0 amide bonds. The van der Waals surface area contributed by atoms with Crippen LogP contribution in [0.3, 0.4) is 0 Å². The average molecular weight is 314 g/mol. The van der Waals surface area contributed by atoms with Gasteiger partial charge in [0.2, 0.25) is 0 Å². The molecule has 20 heavy (non-hydrogen) atoms. The molecule has 1 aromatic rings. The fourth-order valence-electron chi connectivity index (χ4n) is 1.69. The average Bonchev–Trinajstić information content (AvgIpc) is 2.35. The van der Waals surface area contributed by atoms with Crippen molar-refractivity contribution in [1.29, 1.82) is 0 Å². The minimum absolute atomic E-state index is 0.122. The van der Waals surface area contributed by atoms with Crippen molar-refractivity contribution in [2.24, 2.45) is 5.73 Å². The SMILES string of the molecule is CCN(CCN)c1ccc(F)cc1S(=O)(=O)C(F)(F)F. The normalized spacial score (nSPS) is 12.5. The van der Waals surface area contributed by atoms with Crippen LogP contribution in [0.5, 0.6) is 0 Å². The van der Waals surface area contributed by atoms with Gasteiger partial charge in [-0.05, 0) is 25.1 Å². The fraction of sp³-hybridized carbons (Fsp3) is 0.455. The summed E-state index contributed by atoms with van der Waals surface area (Å²) in [5, 5.41) is 0. The summed E-state index contributed by atoms with van der Waals surface area (Å²) in [4.78, 5) is 0.248. The summed E-state index contributed by atoms with van der Waals surface area (Å²) in [7, 11) is -5.63. The zero-order chi connectivity index (χ0) is 15.6. The van der Waals surface area contributed by atoms with Gasteiger partial charge in [0, 0.05) is 19.6 Å². The van der Waals surface area contributed by atoms with Crippen LogP contribution in [0.2, 0.25) is 0 Å². The lowest BCUT2D eigenvalue weighted by atomic mass is 10.2. The van der Waals surface area contributed by atoms with Gasteiger partial charge in [0.1, 0.15) is 10.7 Å². The van der Waals surface area contributed by atoms with Crippen molar-refractivity contribution in [2.75, 3.05) is 24.5 Å². The lowest BCUT2D eigenvalue weighted by Crippen LogP contribution is -2.32. The molecular weight excluding hydrogens is 300 g/mol. The van der Waals surface area contributed by atoms with E-state index in [2.05, 4.69) is 0 Å². The minimum Gasteiger partial charge on any atom is -0.369 e. The molecule has 2 N–H and O–H groups in total. The van der Waals surface area contributed by atoms with Gasteiger partial charge in [0.05, 0.1) is 5.69 Å². The maximum absolute atomic E-state index is 13.1. The third-order valence-corrected chi connectivity index (χ3v) is 4.15. The first-order valence-corrected chi connectivity index (χ1v) is 7.19. The van der Waals surface area contributed by atoms with Gasteiger partial charge in [-0.1, -0.05) is 0 Å². The number of anilines is 1. The van der Waals surface area contributed by atoms with Crippen LogP contribution in [-0.2, 0) is 9.84 Å². The van der Waals surface area contributed by atoms with Gasteiger partial charge < -0.3 is 10.6 Å². The fourth-order valence-corrected chi connectivity index (χ4v) is 2.68. The number of benzene rings is 1. The molecule has 4 nitrogen and oxygen atoms in total. The Labute approximate surface area is 114 Å². The zero-order valence-electron chi connectivity index (χ0n) is 10.6. The Morgan fingerprint density at radius 3 is 2.35 bits per heavy atom. The second-order valence-electron chi connectivity index (χ2n) is 3.93. The standard InChI is InChI=1S/C11H14F4N2O2S/c1-2-17(6-5-16)9-4-3-8(12)7-10(9)20(18,19)11(13,14)15/h3-4,7H,2,5-6,16H2,1H3. The molecule has 0 unspecified atom stereocenters. The molecule has 0 aliphatic heterocycles. The number of likely N-dealkylation sites (N-methyl/N-ethyl adjacent to an activating group) is 1. The number of halogens is 4. The number of nitrogens with two attached hydrogens (primary N) is 1. The van der Waals surface area contributed by atoms with Crippen molar-refractivity contribution in [2.45, 2.75) is 17.3 Å². The molecule has 0 spiro atoms. The van der Waals surface area contributed by atoms with Gasteiger partial charge in [0.15, 0.2) is 0 Å². The number of hydrogen-bond donors (Lipinski definition) is 1. The summed E-state index contributed by atoms with van der Waals surface area (Å²) in [5.41, 5.74) is -0.370. The predicted molar refractivity (Wildman–Crippen MR) is 66.6 cm³/mol. The molecule has 9 heteroatoms. The highest BCUT2D eigenvalue weighted by molar-refractivity contribution is 7.92. The van der Waals surface area contributed by atoms with Gasteiger partial charge in [-0.2, -0.15) is 13.2 Å². The van der Waals surface area contributed by atoms with E-state index in [1.807, 2.05) is 0 Å². The summed E-state index contributed by atoms with van der Waals surface area (Å²) in [6.45, 7) is 2.14. The molecule has 0 radical (unpaired) electrons. The first-order valence-electron chi connectivity index (χ1n) is 5.71. The van der Waals surface area contributed by atoms with Gasteiger partial charge in [0.25, 0.3) is 9.84 Å². The van der Waals surface area contributed by atoms with Gasteiger partial charge in [-0.25, -0.2) is 12.8 Å². The summed E-state index contributed by atoms with van der Waals surface area (Å²) in [6.07, 6.45) is 0. The monoisotopic (exact) mass is 314 g/mol. The van der Waals surface area contributed by atoms with Crippen molar-refractivity contribution in [1.82, 2.24) is 0 Å². The molecular formula is C11H14F4N2O2S. The Kier molecular flexibility index (Phi) is 4.98. The van der Waals surface area contributed by atoms with E-state index in [-0.39, 0.29) is 25.3 Å². The van der Waals surface area contributed by atoms with Crippen LogP contribution < -0.4 is 10.6 Å². The second kappa shape index (κ2) is 5.96. The number of alkyl halides is 3. The Morgan fingerprint density at radius 2 is 1.90 bits per heavy atom. The molecule has 0 aliphatic rings. The lowest BCUT2D eigenvalue weighted by Gasteiger charge is -2.25. The second-order valence-corrected chi connectivity index (χ2v) is 5.84. The molecule has 0 atom stereocenters. The van der Waals surface area contributed by atoms with Crippen LogP contribution in [0.15, 0.2) is 23.1 Å². The van der Waals surface area contributed by atoms with E-state index in [0.29, 0.717) is 6.07 Å². The van der Waals surface area contributed by atoms with Crippen LogP contribution in [0.1, 0.15) is 6.92 Å². The van der Waals surface area contributed by atoms with Crippen molar-refractivity contribution in [3.63, 3.8) is 0 Å². The zero-order valence-corrected chi connectivity index (χ0v) is 11.4. The Bertz CT molecular complexity index is 572. The number of sulfone groups is 1. The van der Waals surface area contributed by atoms with Crippen LogP contribution in [0, 0.1) is 5.82 Å². The molecule has 0 heterocycles. The minimum atomic E-state index is -5.63. The highest BCUT2D eigenvalue weighted by Crippen LogP contribution is 2.36. The van der Waals surface area contributed by atoms with Crippen LogP contribution in [0.4, 0.5) is 23.2 Å². The molecule has 0 saturated heterocycles. The van der Waals surface area contributed by atoms with E-state index in [4.69, 9.17) is 5.73 Å². The quantitative estimate of drug-likeness (QED) is 0.843. The number of rotatable bonds is 5. The molecule has 1 aromatic carbocycles. The Morgan fingerprint density at radius 1 is 1.30 bits per heavy atom. The third-order valence-electron chi connectivity index (χ3n) is 2.64. The van der Waals surface area contributed by atoms with E-state index in [9.17, 15) is 26.0 Å². The maximum Gasteiger partial charge on any atom is 0.501 e.